The molecule has 2 saturated heterocycles. The van der Waals surface area contributed by atoms with Gasteiger partial charge in [0.15, 0.2) is 5.79 Å². The summed E-state index contributed by atoms with van der Waals surface area (Å²) in [6, 6.07) is 0. The molecule has 1 spiro atoms. The van der Waals surface area contributed by atoms with Gasteiger partial charge in [-0.15, -0.1) is 0 Å². The minimum atomic E-state index is -0.584. The molecular weight excluding hydrogens is 236 g/mol. The van der Waals surface area contributed by atoms with Gasteiger partial charge in [-0.3, -0.25) is 4.79 Å². The van der Waals surface area contributed by atoms with Crippen molar-refractivity contribution in [2.24, 2.45) is 0 Å². The third-order valence-electron chi connectivity index (χ3n) is 3.50. The van der Waals surface area contributed by atoms with Crippen LogP contribution < -0.4 is 0 Å². The average Bonchev–Trinajstić information content (AvgIpc) is 2.98. The quantitative estimate of drug-likeness (QED) is 0.745. The van der Waals surface area contributed by atoms with Crippen molar-refractivity contribution in [2.75, 3.05) is 26.3 Å². The second-order valence-electron chi connectivity index (χ2n) is 4.73. The van der Waals surface area contributed by atoms with Gasteiger partial charge in [0.2, 0.25) is 0 Å². The summed E-state index contributed by atoms with van der Waals surface area (Å²) in [5.41, 5.74) is 0.519. The van der Waals surface area contributed by atoms with Gasteiger partial charge in [-0.1, -0.05) is 5.16 Å². The van der Waals surface area contributed by atoms with E-state index in [1.807, 2.05) is 0 Å². The summed E-state index contributed by atoms with van der Waals surface area (Å²) in [5.74, 6) is -0.0984. The lowest BCUT2D eigenvalue weighted by atomic mass is 10.0. The number of carbonyl (C=O) groups excluding carboxylic acids is 1. The lowest BCUT2D eigenvalue weighted by Gasteiger charge is -2.38. The summed E-state index contributed by atoms with van der Waals surface area (Å²) in [4.78, 5) is 14.1. The first-order valence-corrected chi connectivity index (χ1v) is 6.19. The molecule has 2 fully saturated rings. The van der Waals surface area contributed by atoms with Gasteiger partial charge in [-0.05, 0) is 13.3 Å². The van der Waals surface area contributed by atoms with Crippen molar-refractivity contribution in [2.45, 2.75) is 25.6 Å². The highest BCUT2D eigenvalue weighted by atomic mass is 16.7. The molecule has 2 aliphatic rings. The molecule has 1 aromatic rings. The average molecular weight is 252 g/mol. The third kappa shape index (κ3) is 1.91. The second kappa shape index (κ2) is 4.37. The van der Waals surface area contributed by atoms with Crippen LogP contribution in [0, 0.1) is 6.92 Å². The van der Waals surface area contributed by atoms with Crippen molar-refractivity contribution < 1.29 is 18.8 Å². The van der Waals surface area contributed by atoms with Crippen LogP contribution in [-0.4, -0.2) is 48.1 Å². The standard InChI is InChI=1S/C12H16N2O4/c1-9-10(7-13-18-9)11(15)14-4-2-3-12(8-14)16-5-6-17-12/h7H,2-6,8H2,1H3. The molecule has 6 nitrogen and oxygen atoms in total. The van der Waals surface area contributed by atoms with Crippen molar-refractivity contribution in [1.82, 2.24) is 10.1 Å². The van der Waals surface area contributed by atoms with E-state index in [2.05, 4.69) is 5.16 Å². The van der Waals surface area contributed by atoms with Crippen LogP contribution in [-0.2, 0) is 9.47 Å². The molecule has 3 rings (SSSR count). The van der Waals surface area contributed by atoms with E-state index in [-0.39, 0.29) is 5.91 Å². The number of aromatic nitrogens is 1. The number of ether oxygens (including phenoxy) is 2. The van der Waals surface area contributed by atoms with Crippen molar-refractivity contribution in [3.05, 3.63) is 17.5 Å². The molecule has 1 aromatic heterocycles. The molecule has 0 aromatic carbocycles. The second-order valence-corrected chi connectivity index (χ2v) is 4.73. The van der Waals surface area contributed by atoms with Crippen LogP contribution in [0.5, 0.6) is 0 Å². The molecule has 0 saturated carbocycles. The van der Waals surface area contributed by atoms with Gasteiger partial charge in [-0.2, -0.15) is 0 Å². The van der Waals surface area contributed by atoms with E-state index in [0.717, 1.165) is 19.4 Å². The minimum Gasteiger partial charge on any atom is -0.361 e. The summed E-state index contributed by atoms with van der Waals surface area (Å²) < 4.78 is 16.2. The number of aryl methyl sites for hydroxylation is 1. The highest BCUT2D eigenvalue weighted by Gasteiger charge is 2.42. The molecule has 0 aliphatic carbocycles. The Bertz CT molecular complexity index is 451. The number of hydrogen-bond donors (Lipinski definition) is 0. The Hall–Kier alpha value is -1.40. The van der Waals surface area contributed by atoms with Gasteiger partial charge < -0.3 is 18.9 Å². The van der Waals surface area contributed by atoms with Gasteiger partial charge in [0, 0.05) is 13.0 Å². The Morgan fingerprint density at radius 3 is 2.89 bits per heavy atom. The summed E-state index contributed by atoms with van der Waals surface area (Å²) in [7, 11) is 0. The van der Waals surface area contributed by atoms with Crippen LogP contribution in [0.3, 0.4) is 0 Å². The Morgan fingerprint density at radius 2 is 2.22 bits per heavy atom. The smallest absolute Gasteiger partial charge is 0.259 e. The van der Waals surface area contributed by atoms with Gasteiger partial charge in [-0.25, -0.2) is 0 Å². The summed E-state index contributed by atoms with van der Waals surface area (Å²) in [6.07, 6.45) is 3.20. The van der Waals surface area contributed by atoms with E-state index in [1.54, 1.807) is 11.8 Å². The van der Waals surface area contributed by atoms with E-state index >= 15 is 0 Å². The van der Waals surface area contributed by atoms with Crippen LogP contribution in [0.15, 0.2) is 10.7 Å². The molecule has 1 amide bonds. The molecule has 0 atom stereocenters. The molecule has 98 valence electrons. The minimum absolute atomic E-state index is 0.0630. The molecular formula is C12H16N2O4. The summed E-state index contributed by atoms with van der Waals surface area (Å²) in [5, 5.41) is 3.64. The number of nitrogens with zero attached hydrogens (tertiary/aromatic N) is 2. The van der Waals surface area contributed by atoms with E-state index < -0.39 is 5.79 Å². The predicted octanol–water partition coefficient (Wildman–Crippen LogP) is 0.962. The molecule has 0 N–H and O–H groups in total. The molecule has 0 bridgehead atoms. The van der Waals surface area contributed by atoms with E-state index in [9.17, 15) is 4.79 Å². The Balaban J connectivity index is 1.76. The maximum absolute atomic E-state index is 12.3. The SMILES string of the molecule is Cc1oncc1C(=O)N1CCCC2(C1)OCCO2. The van der Waals surface area contributed by atoms with Gasteiger partial charge in [0.25, 0.3) is 5.91 Å². The molecule has 2 aliphatic heterocycles. The van der Waals surface area contributed by atoms with Crippen molar-refractivity contribution in [3.8, 4) is 0 Å². The highest BCUT2D eigenvalue weighted by molar-refractivity contribution is 5.94. The predicted molar refractivity (Wildman–Crippen MR) is 61.0 cm³/mol. The van der Waals surface area contributed by atoms with Crippen molar-refractivity contribution in [1.29, 1.82) is 0 Å². The normalized spacial score (nSPS) is 22.6. The Morgan fingerprint density at radius 1 is 1.44 bits per heavy atom. The fraction of sp³-hybridized carbons (Fsp3) is 0.667. The number of amides is 1. The molecule has 3 heterocycles. The number of carbonyl (C=O) groups is 1. The summed E-state index contributed by atoms with van der Waals surface area (Å²) >= 11 is 0. The number of piperidine rings is 1. The van der Waals surface area contributed by atoms with Crippen LogP contribution >= 0.6 is 0 Å². The van der Waals surface area contributed by atoms with Crippen molar-refractivity contribution in [3.63, 3.8) is 0 Å². The van der Waals surface area contributed by atoms with Crippen LogP contribution in [0.25, 0.3) is 0 Å². The Kier molecular flexibility index (Phi) is 2.83. The number of hydrogen-bond acceptors (Lipinski definition) is 5. The summed E-state index contributed by atoms with van der Waals surface area (Å²) in [6.45, 7) is 4.15. The largest absolute Gasteiger partial charge is 0.361 e. The zero-order valence-electron chi connectivity index (χ0n) is 10.3. The maximum Gasteiger partial charge on any atom is 0.259 e. The van der Waals surface area contributed by atoms with Crippen LogP contribution in [0.2, 0.25) is 0 Å². The fourth-order valence-corrected chi connectivity index (χ4v) is 2.57. The van der Waals surface area contributed by atoms with Crippen molar-refractivity contribution >= 4 is 5.91 Å². The van der Waals surface area contributed by atoms with Crippen LogP contribution in [0.1, 0.15) is 29.0 Å². The van der Waals surface area contributed by atoms with Crippen LogP contribution in [0.4, 0.5) is 0 Å². The van der Waals surface area contributed by atoms with E-state index in [0.29, 0.717) is 31.1 Å². The fourth-order valence-electron chi connectivity index (χ4n) is 2.57. The molecule has 6 heteroatoms. The first-order chi connectivity index (χ1) is 8.70. The lowest BCUT2D eigenvalue weighted by Crippen LogP contribution is -2.51. The molecule has 0 radical (unpaired) electrons. The maximum atomic E-state index is 12.3. The van der Waals surface area contributed by atoms with Gasteiger partial charge in [0.1, 0.15) is 11.3 Å². The van der Waals surface area contributed by atoms with Gasteiger partial charge >= 0.3 is 0 Å². The topological polar surface area (TPSA) is 64.8 Å². The van der Waals surface area contributed by atoms with E-state index in [4.69, 9.17) is 14.0 Å². The highest BCUT2D eigenvalue weighted by Crippen LogP contribution is 2.30. The third-order valence-corrected chi connectivity index (χ3v) is 3.50. The van der Waals surface area contributed by atoms with E-state index in [1.165, 1.54) is 6.20 Å². The first-order valence-electron chi connectivity index (χ1n) is 6.19. The molecule has 18 heavy (non-hydrogen) atoms. The number of rotatable bonds is 1. The monoisotopic (exact) mass is 252 g/mol. The number of likely N-dealkylation sites (tertiary alicyclic amines) is 1. The van der Waals surface area contributed by atoms with Gasteiger partial charge in [0.05, 0.1) is 26.0 Å². The Labute approximate surface area is 105 Å². The first kappa shape index (κ1) is 11.7. The lowest BCUT2D eigenvalue weighted by molar-refractivity contribution is -0.183. The molecule has 0 unspecified atom stereocenters. The zero-order valence-corrected chi connectivity index (χ0v) is 10.3. The zero-order chi connectivity index (χ0) is 12.6.